The second kappa shape index (κ2) is 18.0. The molecule has 2 nitrogen and oxygen atoms in total. The summed E-state index contributed by atoms with van der Waals surface area (Å²) < 4.78 is 5.39. The molecule has 29 heavy (non-hydrogen) atoms. The molecule has 0 aliphatic carbocycles. The lowest BCUT2D eigenvalue weighted by Gasteiger charge is -2.05. The number of carbonyl (C=O) groups excluding carboxylic acids is 1. The van der Waals surface area contributed by atoms with Gasteiger partial charge in [-0.25, -0.2) is 0 Å². The Hall–Kier alpha value is -2.09. The molecule has 0 fully saturated rings. The highest BCUT2D eigenvalue weighted by Gasteiger charge is 2.04. The molecule has 0 aromatic heterocycles. The average Bonchev–Trinajstić information content (AvgIpc) is 2.72. The lowest BCUT2D eigenvalue weighted by Crippen LogP contribution is -2.07. The molecule has 0 unspecified atom stereocenters. The van der Waals surface area contributed by atoms with Crippen molar-refractivity contribution in [2.45, 2.75) is 90.4 Å². The number of unbranched alkanes of at least 4 members (excludes halogenated alkanes) is 8. The Morgan fingerprint density at radius 3 is 2.14 bits per heavy atom. The first-order valence-electron chi connectivity index (χ1n) is 11.5. The van der Waals surface area contributed by atoms with Crippen LogP contribution in [0, 0.1) is 0 Å². The lowest BCUT2D eigenvalue weighted by molar-refractivity contribution is -0.134. The van der Waals surface area contributed by atoms with E-state index >= 15 is 0 Å². The van der Waals surface area contributed by atoms with Crippen molar-refractivity contribution in [1.82, 2.24) is 0 Å². The Morgan fingerprint density at radius 2 is 1.48 bits per heavy atom. The first kappa shape index (κ1) is 24.9. The number of hydrogen-bond acceptors (Lipinski definition) is 2. The third-order valence-electron chi connectivity index (χ3n) is 4.87. The standard InChI is InChI=1S/C27H40O2/c1-3-5-6-7-8-9-10-11-12-13-14-15-16-17-18-20-27(28)29-26-23-21-25(19-4-2)22-24-26/h4,8-9,11-12,21-24H,2-3,5-7,10,13-20H2,1H3/b9-8-,12-11-. The average molecular weight is 397 g/mol. The molecule has 0 aliphatic rings. The van der Waals surface area contributed by atoms with Gasteiger partial charge in [0.2, 0.25) is 0 Å². The molecule has 1 aromatic rings. The second-order valence-corrected chi connectivity index (χ2v) is 7.59. The minimum Gasteiger partial charge on any atom is -0.427 e. The summed E-state index contributed by atoms with van der Waals surface area (Å²) >= 11 is 0. The normalized spacial score (nSPS) is 11.3. The van der Waals surface area contributed by atoms with Gasteiger partial charge in [-0.05, 0) is 62.6 Å². The van der Waals surface area contributed by atoms with Gasteiger partial charge in [0.1, 0.15) is 5.75 Å². The maximum Gasteiger partial charge on any atom is 0.311 e. The highest BCUT2D eigenvalue weighted by molar-refractivity contribution is 5.72. The molecule has 2 heteroatoms. The zero-order chi connectivity index (χ0) is 21.0. The smallest absolute Gasteiger partial charge is 0.311 e. The molecular formula is C27H40O2. The van der Waals surface area contributed by atoms with E-state index < -0.39 is 0 Å². The largest absolute Gasteiger partial charge is 0.427 e. The molecule has 0 bridgehead atoms. The molecule has 0 saturated heterocycles. The van der Waals surface area contributed by atoms with E-state index in [0.717, 1.165) is 32.1 Å². The van der Waals surface area contributed by atoms with Crippen LogP contribution in [-0.4, -0.2) is 5.97 Å². The molecule has 0 saturated carbocycles. The SMILES string of the molecule is C=CCc1ccc(OC(=O)CCCCCCC/C=C\C/C=C\CCCCC)cc1. The van der Waals surface area contributed by atoms with Gasteiger partial charge in [0.05, 0.1) is 0 Å². The highest BCUT2D eigenvalue weighted by Crippen LogP contribution is 2.15. The van der Waals surface area contributed by atoms with Crippen molar-refractivity contribution >= 4 is 5.97 Å². The Balaban J connectivity index is 1.95. The summed E-state index contributed by atoms with van der Waals surface area (Å²) in [5.41, 5.74) is 1.17. The van der Waals surface area contributed by atoms with Gasteiger partial charge >= 0.3 is 5.97 Å². The van der Waals surface area contributed by atoms with E-state index in [4.69, 9.17) is 4.74 Å². The molecule has 0 heterocycles. The maximum atomic E-state index is 11.9. The lowest BCUT2D eigenvalue weighted by atomic mass is 10.1. The molecule has 0 aliphatic heterocycles. The molecule has 0 amide bonds. The van der Waals surface area contributed by atoms with E-state index in [1.165, 1.54) is 50.5 Å². The van der Waals surface area contributed by atoms with Crippen LogP contribution in [0.1, 0.15) is 89.5 Å². The van der Waals surface area contributed by atoms with Crippen LogP contribution in [0.15, 0.2) is 61.2 Å². The number of hydrogen-bond donors (Lipinski definition) is 0. The Kier molecular flexibility index (Phi) is 15.5. The summed E-state index contributed by atoms with van der Waals surface area (Å²) in [6, 6.07) is 7.66. The van der Waals surface area contributed by atoms with Crippen molar-refractivity contribution in [3.63, 3.8) is 0 Å². The minimum atomic E-state index is -0.132. The first-order chi connectivity index (χ1) is 14.3. The fraction of sp³-hybridized carbons (Fsp3) is 0.519. The van der Waals surface area contributed by atoms with Crippen molar-refractivity contribution < 1.29 is 9.53 Å². The fourth-order valence-electron chi connectivity index (χ4n) is 3.12. The highest BCUT2D eigenvalue weighted by atomic mass is 16.5. The maximum absolute atomic E-state index is 11.9. The van der Waals surface area contributed by atoms with Crippen LogP contribution in [0.5, 0.6) is 5.75 Å². The number of carbonyl (C=O) groups is 1. The quantitative estimate of drug-likeness (QED) is 0.115. The van der Waals surface area contributed by atoms with E-state index in [1.807, 2.05) is 30.3 Å². The van der Waals surface area contributed by atoms with Crippen LogP contribution in [0.2, 0.25) is 0 Å². The number of ether oxygens (including phenoxy) is 1. The predicted molar refractivity (Wildman–Crippen MR) is 125 cm³/mol. The summed E-state index contributed by atoms with van der Waals surface area (Å²) in [5, 5.41) is 0. The molecular weight excluding hydrogens is 356 g/mol. The summed E-state index contributed by atoms with van der Waals surface area (Å²) in [7, 11) is 0. The second-order valence-electron chi connectivity index (χ2n) is 7.59. The molecule has 0 radical (unpaired) electrons. The van der Waals surface area contributed by atoms with Gasteiger partial charge in [0.15, 0.2) is 0 Å². The minimum absolute atomic E-state index is 0.132. The summed E-state index contributed by atoms with van der Waals surface area (Å²) in [5.74, 6) is 0.498. The molecule has 0 atom stereocenters. The van der Waals surface area contributed by atoms with Gasteiger partial charge in [0.25, 0.3) is 0 Å². The molecule has 1 aromatic carbocycles. The molecule has 0 spiro atoms. The molecule has 160 valence electrons. The van der Waals surface area contributed by atoms with Crippen LogP contribution < -0.4 is 4.74 Å². The summed E-state index contributed by atoms with van der Waals surface area (Å²) in [4.78, 5) is 11.9. The van der Waals surface area contributed by atoms with Gasteiger partial charge in [-0.1, -0.05) is 81.5 Å². The van der Waals surface area contributed by atoms with Crippen molar-refractivity contribution in [2.24, 2.45) is 0 Å². The van der Waals surface area contributed by atoms with Gasteiger partial charge in [0, 0.05) is 6.42 Å². The summed E-state index contributed by atoms with van der Waals surface area (Å²) in [6.45, 7) is 5.97. The number of esters is 1. The van der Waals surface area contributed by atoms with Crippen LogP contribution in [0.25, 0.3) is 0 Å². The van der Waals surface area contributed by atoms with Gasteiger partial charge in [-0.15, -0.1) is 6.58 Å². The van der Waals surface area contributed by atoms with Crippen LogP contribution in [0.3, 0.4) is 0 Å². The number of benzene rings is 1. The van der Waals surface area contributed by atoms with Crippen LogP contribution in [0.4, 0.5) is 0 Å². The van der Waals surface area contributed by atoms with Crippen molar-refractivity contribution in [1.29, 1.82) is 0 Å². The summed E-state index contributed by atoms with van der Waals surface area (Å²) in [6.07, 6.45) is 25.4. The predicted octanol–water partition coefficient (Wildman–Crippen LogP) is 8.13. The van der Waals surface area contributed by atoms with Crippen LogP contribution in [-0.2, 0) is 11.2 Å². The molecule has 0 N–H and O–H groups in total. The van der Waals surface area contributed by atoms with Gasteiger partial charge in [-0.2, -0.15) is 0 Å². The van der Waals surface area contributed by atoms with E-state index in [2.05, 4.69) is 37.8 Å². The van der Waals surface area contributed by atoms with Gasteiger partial charge in [-0.3, -0.25) is 4.79 Å². The Labute approximate surface area is 178 Å². The Bertz CT molecular complexity index is 595. The monoisotopic (exact) mass is 396 g/mol. The third-order valence-corrected chi connectivity index (χ3v) is 4.87. The fourth-order valence-corrected chi connectivity index (χ4v) is 3.12. The topological polar surface area (TPSA) is 26.3 Å². The zero-order valence-corrected chi connectivity index (χ0v) is 18.4. The van der Waals surface area contributed by atoms with Crippen LogP contribution >= 0.6 is 0 Å². The Morgan fingerprint density at radius 1 is 0.862 bits per heavy atom. The van der Waals surface area contributed by atoms with Gasteiger partial charge < -0.3 is 4.74 Å². The molecule has 1 rings (SSSR count). The van der Waals surface area contributed by atoms with Crippen molar-refractivity contribution in [3.8, 4) is 5.75 Å². The van der Waals surface area contributed by atoms with Crippen molar-refractivity contribution in [2.75, 3.05) is 0 Å². The number of rotatable bonds is 17. The van der Waals surface area contributed by atoms with Crippen molar-refractivity contribution in [3.05, 3.63) is 66.8 Å². The number of allylic oxidation sites excluding steroid dienone is 5. The first-order valence-corrected chi connectivity index (χ1v) is 11.5. The van der Waals surface area contributed by atoms with E-state index in [-0.39, 0.29) is 5.97 Å². The van der Waals surface area contributed by atoms with E-state index in [0.29, 0.717) is 12.2 Å². The zero-order valence-electron chi connectivity index (χ0n) is 18.4. The third kappa shape index (κ3) is 14.5. The van der Waals surface area contributed by atoms with E-state index in [1.54, 1.807) is 0 Å². The van der Waals surface area contributed by atoms with E-state index in [9.17, 15) is 4.79 Å².